The van der Waals surface area contributed by atoms with Gasteiger partial charge in [0.15, 0.2) is 0 Å². The zero-order chi connectivity index (χ0) is 16.9. The Labute approximate surface area is 139 Å². The van der Waals surface area contributed by atoms with E-state index in [1.54, 1.807) is 6.07 Å². The lowest BCUT2D eigenvalue weighted by Gasteiger charge is -2.07. The van der Waals surface area contributed by atoms with E-state index in [1.807, 2.05) is 25.1 Å². The fraction of sp³-hybridized carbons (Fsp3) is 0.579. The lowest BCUT2D eigenvalue weighted by Crippen LogP contribution is -2.09. The van der Waals surface area contributed by atoms with Crippen LogP contribution < -0.4 is 4.74 Å². The van der Waals surface area contributed by atoms with Crippen molar-refractivity contribution in [3.05, 3.63) is 29.8 Å². The van der Waals surface area contributed by atoms with Crippen LogP contribution in [0.5, 0.6) is 5.75 Å². The number of unbranched alkanes of at least 4 members (excludes halogenated alkanes) is 4. The first-order chi connectivity index (χ1) is 11.1. The molecule has 0 unspecified atom stereocenters. The molecule has 0 radical (unpaired) electrons. The Morgan fingerprint density at radius 2 is 1.61 bits per heavy atom. The lowest BCUT2D eigenvalue weighted by atomic mass is 10.1. The van der Waals surface area contributed by atoms with E-state index in [0.717, 1.165) is 44.1 Å². The fourth-order valence-electron chi connectivity index (χ4n) is 2.17. The second kappa shape index (κ2) is 11.7. The quantitative estimate of drug-likeness (QED) is 0.340. The summed E-state index contributed by atoms with van der Waals surface area (Å²) < 4.78 is 10.5. The summed E-state index contributed by atoms with van der Waals surface area (Å²) in [5.41, 5.74) is 0.951. The molecule has 0 amide bonds. The van der Waals surface area contributed by atoms with Gasteiger partial charge in [-0.2, -0.15) is 0 Å². The molecular weight excluding hydrogens is 292 g/mol. The number of carbonyl (C=O) groups is 2. The van der Waals surface area contributed by atoms with Crippen LogP contribution in [-0.4, -0.2) is 18.5 Å². The smallest absolute Gasteiger partial charge is 0.311 e. The molecule has 0 aromatic heterocycles. The molecule has 0 aliphatic rings. The van der Waals surface area contributed by atoms with Crippen LogP contribution in [0.3, 0.4) is 0 Å². The molecule has 4 nitrogen and oxygen atoms in total. The Bertz CT molecular complexity index is 482. The Balaban J connectivity index is 2.05. The van der Waals surface area contributed by atoms with E-state index in [4.69, 9.17) is 9.47 Å². The normalized spacial score (nSPS) is 10.3. The van der Waals surface area contributed by atoms with Gasteiger partial charge in [0, 0.05) is 12.8 Å². The third kappa shape index (κ3) is 9.01. The Kier molecular flexibility index (Phi) is 9.76. The number of para-hydroxylation sites is 1. The molecule has 0 spiro atoms. The number of benzene rings is 1. The van der Waals surface area contributed by atoms with Gasteiger partial charge in [-0.1, -0.05) is 44.4 Å². The van der Waals surface area contributed by atoms with Crippen molar-refractivity contribution in [2.24, 2.45) is 0 Å². The van der Waals surface area contributed by atoms with Gasteiger partial charge in [-0.05, 0) is 37.8 Å². The van der Waals surface area contributed by atoms with Gasteiger partial charge in [0.05, 0.1) is 6.61 Å². The third-order valence-corrected chi connectivity index (χ3v) is 3.59. The molecule has 128 valence electrons. The molecule has 4 heteroatoms. The SMILES string of the molecule is CCCCCOC(=O)CCCCCC(=O)Oc1ccccc1C. The van der Waals surface area contributed by atoms with Crippen molar-refractivity contribution in [3.8, 4) is 5.75 Å². The second-order valence-electron chi connectivity index (χ2n) is 5.73. The average molecular weight is 320 g/mol. The number of carbonyl (C=O) groups excluding carboxylic acids is 2. The summed E-state index contributed by atoms with van der Waals surface area (Å²) in [5.74, 6) is 0.262. The maximum atomic E-state index is 11.8. The summed E-state index contributed by atoms with van der Waals surface area (Å²) in [6.07, 6.45) is 6.27. The number of hydrogen-bond donors (Lipinski definition) is 0. The molecule has 0 saturated carbocycles. The molecule has 0 aliphatic heterocycles. The highest BCUT2D eigenvalue weighted by molar-refractivity contribution is 5.72. The van der Waals surface area contributed by atoms with Crippen molar-refractivity contribution in [2.75, 3.05) is 6.61 Å². The average Bonchev–Trinajstić information content (AvgIpc) is 2.53. The maximum absolute atomic E-state index is 11.8. The predicted molar refractivity (Wildman–Crippen MR) is 90.4 cm³/mol. The Morgan fingerprint density at radius 3 is 2.30 bits per heavy atom. The summed E-state index contributed by atoms with van der Waals surface area (Å²) in [6.45, 7) is 4.55. The molecule has 1 aromatic rings. The van der Waals surface area contributed by atoms with E-state index in [2.05, 4.69) is 6.92 Å². The molecule has 0 N–H and O–H groups in total. The summed E-state index contributed by atoms with van der Waals surface area (Å²) in [6, 6.07) is 7.46. The number of hydrogen-bond acceptors (Lipinski definition) is 4. The molecule has 0 atom stereocenters. The largest absolute Gasteiger partial charge is 0.466 e. The van der Waals surface area contributed by atoms with Crippen molar-refractivity contribution in [2.45, 2.75) is 65.2 Å². The van der Waals surface area contributed by atoms with E-state index in [1.165, 1.54) is 0 Å². The van der Waals surface area contributed by atoms with Crippen LogP contribution in [0.1, 0.15) is 63.9 Å². The topological polar surface area (TPSA) is 52.6 Å². The van der Waals surface area contributed by atoms with Gasteiger partial charge < -0.3 is 9.47 Å². The zero-order valence-corrected chi connectivity index (χ0v) is 14.3. The van der Waals surface area contributed by atoms with E-state index < -0.39 is 0 Å². The minimum atomic E-state index is -0.221. The highest BCUT2D eigenvalue weighted by atomic mass is 16.5. The highest BCUT2D eigenvalue weighted by Crippen LogP contribution is 2.17. The van der Waals surface area contributed by atoms with Crippen LogP contribution in [0, 0.1) is 6.92 Å². The van der Waals surface area contributed by atoms with E-state index in [0.29, 0.717) is 25.2 Å². The van der Waals surface area contributed by atoms with Crippen molar-refractivity contribution in [1.82, 2.24) is 0 Å². The van der Waals surface area contributed by atoms with Crippen LogP contribution in [0.25, 0.3) is 0 Å². The monoisotopic (exact) mass is 320 g/mol. The Morgan fingerprint density at radius 1 is 0.913 bits per heavy atom. The second-order valence-corrected chi connectivity index (χ2v) is 5.73. The van der Waals surface area contributed by atoms with Crippen LogP contribution in [0.15, 0.2) is 24.3 Å². The fourth-order valence-corrected chi connectivity index (χ4v) is 2.17. The first kappa shape index (κ1) is 19.2. The van der Waals surface area contributed by atoms with E-state index >= 15 is 0 Å². The van der Waals surface area contributed by atoms with Gasteiger partial charge in [0.1, 0.15) is 5.75 Å². The molecule has 1 rings (SSSR count). The van der Waals surface area contributed by atoms with E-state index in [-0.39, 0.29) is 11.9 Å². The molecule has 23 heavy (non-hydrogen) atoms. The lowest BCUT2D eigenvalue weighted by molar-refractivity contribution is -0.143. The van der Waals surface area contributed by atoms with Gasteiger partial charge in [0.25, 0.3) is 0 Å². The van der Waals surface area contributed by atoms with Crippen molar-refractivity contribution in [1.29, 1.82) is 0 Å². The number of ether oxygens (including phenoxy) is 2. The Hall–Kier alpha value is -1.84. The van der Waals surface area contributed by atoms with Crippen LogP contribution in [0.2, 0.25) is 0 Å². The summed E-state index contributed by atoms with van der Waals surface area (Å²) in [5, 5.41) is 0. The van der Waals surface area contributed by atoms with Crippen LogP contribution in [0.4, 0.5) is 0 Å². The van der Waals surface area contributed by atoms with Crippen LogP contribution >= 0.6 is 0 Å². The third-order valence-electron chi connectivity index (χ3n) is 3.59. The summed E-state index contributed by atoms with van der Waals surface area (Å²) in [7, 11) is 0. The molecular formula is C19H28O4. The van der Waals surface area contributed by atoms with Crippen LogP contribution in [-0.2, 0) is 14.3 Å². The molecule has 1 aromatic carbocycles. The van der Waals surface area contributed by atoms with Gasteiger partial charge in [-0.25, -0.2) is 0 Å². The van der Waals surface area contributed by atoms with Gasteiger partial charge in [-0.15, -0.1) is 0 Å². The zero-order valence-electron chi connectivity index (χ0n) is 14.3. The van der Waals surface area contributed by atoms with Crippen molar-refractivity contribution >= 4 is 11.9 Å². The van der Waals surface area contributed by atoms with Crippen molar-refractivity contribution < 1.29 is 19.1 Å². The standard InChI is InChI=1S/C19H28O4/c1-3-4-10-15-22-18(20)13-6-5-7-14-19(21)23-17-12-9-8-11-16(17)2/h8-9,11-12H,3-7,10,13-15H2,1-2H3. The molecule has 0 heterocycles. The minimum Gasteiger partial charge on any atom is -0.466 e. The maximum Gasteiger partial charge on any atom is 0.311 e. The highest BCUT2D eigenvalue weighted by Gasteiger charge is 2.07. The molecule has 0 bridgehead atoms. The number of aryl methyl sites for hydroxylation is 1. The minimum absolute atomic E-state index is 0.136. The molecule has 0 aliphatic carbocycles. The first-order valence-electron chi connectivity index (χ1n) is 8.55. The van der Waals surface area contributed by atoms with Gasteiger partial charge >= 0.3 is 11.9 Å². The number of rotatable bonds is 11. The first-order valence-corrected chi connectivity index (χ1v) is 8.55. The van der Waals surface area contributed by atoms with Crippen molar-refractivity contribution in [3.63, 3.8) is 0 Å². The predicted octanol–water partition coefficient (Wildman–Crippen LogP) is 4.58. The molecule has 0 fully saturated rings. The number of esters is 2. The van der Waals surface area contributed by atoms with Gasteiger partial charge in [0.2, 0.25) is 0 Å². The summed E-state index contributed by atoms with van der Waals surface area (Å²) >= 11 is 0. The molecule has 0 saturated heterocycles. The van der Waals surface area contributed by atoms with Gasteiger partial charge in [-0.3, -0.25) is 9.59 Å². The van der Waals surface area contributed by atoms with E-state index in [9.17, 15) is 9.59 Å². The summed E-state index contributed by atoms with van der Waals surface area (Å²) in [4.78, 5) is 23.2.